The van der Waals surface area contributed by atoms with E-state index in [-0.39, 0.29) is 4.75 Å². The molecule has 1 aliphatic heterocycles. The number of aliphatic carboxylic acids is 1. The van der Waals surface area contributed by atoms with Crippen LogP contribution in [-0.2, 0) is 4.79 Å². The molecule has 1 aliphatic rings. The van der Waals surface area contributed by atoms with Gasteiger partial charge in [-0.15, -0.1) is 23.5 Å². The van der Waals surface area contributed by atoms with E-state index < -0.39 is 11.2 Å². The lowest BCUT2D eigenvalue weighted by Gasteiger charge is -2.28. The van der Waals surface area contributed by atoms with E-state index in [9.17, 15) is 4.79 Å². The maximum Gasteiger partial charge on any atom is 0.316 e. The van der Waals surface area contributed by atoms with E-state index in [1.807, 2.05) is 14.1 Å². The van der Waals surface area contributed by atoms with Gasteiger partial charge in [-0.25, -0.2) is 4.58 Å². The van der Waals surface area contributed by atoms with Crippen LogP contribution < -0.4 is 0 Å². The number of rotatable bonds is 3. The monoisotopic (exact) mass is 274 g/mol. The first-order valence-corrected chi connectivity index (χ1v) is 7.24. The molecule has 1 heterocycles. The fraction of sp³-hybridized carbons (Fsp3) is 0.667. The fourth-order valence-corrected chi connectivity index (χ4v) is 4.45. The highest BCUT2D eigenvalue weighted by Crippen LogP contribution is 2.45. The highest BCUT2D eigenvalue weighted by molar-refractivity contribution is 8.23. The average Bonchev–Trinajstić information content (AvgIpc) is 2.14. The molecule has 0 radical (unpaired) electrons. The van der Waals surface area contributed by atoms with Crippen molar-refractivity contribution in [3.63, 3.8) is 0 Å². The Morgan fingerprint density at radius 1 is 1.59 bits per heavy atom. The van der Waals surface area contributed by atoms with E-state index in [1.165, 1.54) is 17.5 Å². The summed E-state index contributed by atoms with van der Waals surface area (Å²) in [5.74, 6) is -0.758. The summed E-state index contributed by atoms with van der Waals surface area (Å²) in [4.78, 5) is 10.9. The SMILES string of the molecule is CC(SC1=CC(=[N+](C)C)CC(C)(C)S1)C(=O)O. The molecule has 0 aromatic rings. The Labute approximate surface area is 111 Å². The van der Waals surface area contributed by atoms with Gasteiger partial charge in [0.05, 0.1) is 0 Å². The van der Waals surface area contributed by atoms with E-state index in [4.69, 9.17) is 5.11 Å². The van der Waals surface area contributed by atoms with E-state index in [0.29, 0.717) is 0 Å². The van der Waals surface area contributed by atoms with Crippen LogP contribution in [0.25, 0.3) is 0 Å². The molecule has 1 unspecified atom stereocenters. The summed E-state index contributed by atoms with van der Waals surface area (Å²) in [5, 5.41) is 8.55. The van der Waals surface area contributed by atoms with Gasteiger partial charge >= 0.3 is 5.97 Å². The molecule has 0 spiro atoms. The average molecular weight is 274 g/mol. The van der Waals surface area contributed by atoms with Gasteiger partial charge in [0.1, 0.15) is 19.3 Å². The van der Waals surface area contributed by atoms with Crippen molar-refractivity contribution in [3.05, 3.63) is 10.3 Å². The van der Waals surface area contributed by atoms with Crippen LogP contribution in [0.3, 0.4) is 0 Å². The number of nitrogens with zero attached hydrogens (tertiary/aromatic N) is 1. The van der Waals surface area contributed by atoms with Crippen molar-refractivity contribution in [2.45, 2.75) is 37.2 Å². The van der Waals surface area contributed by atoms with E-state index in [2.05, 4.69) is 24.5 Å². The Morgan fingerprint density at radius 3 is 2.65 bits per heavy atom. The van der Waals surface area contributed by atoms with Gasteiger partial charge in [0.2, 0.25) is 0 Å². The third kappa shape index (κ3) is 4.39. The van der Waals surface area contributed by atoms with Gasteiger partial charge in [-0.2, -0.15) is 0 Å². The summed E-state index contributed by atoms with van der Waals surface area (Å²) in [7, 11) is 4.06. The molecule has 0 aliphatic carbocycles. The summed E-state index contributed by atoms with van der Waals surface area (Å²) in [6.07, 6.45) is 3.12. The zero-order valence-corrected chi connectivity index (χ0v) is 12.6. The van der Waals surface area contributed by atoms with Gasteiger partial charge in [-0.3, -0.25) is 4.79 Å². The van der Waals surface area contributed by atoms with Crippen molar-refractivity contribution in [2.75, 3.05) is 14.1 Å². The van der Waals surface area contributed by atoms with Crippen LogP contribution >= 0.6 is 23.5 Å². The molecular weight excluding hydrogens is 254 g/mol. The summed E-state index contributed by atoms with van der Waals surface area (Å²) in [6.45, 7) is 6.12. The summed E-state index contributed by atoms with van der Waals surface area (Å²) >= 11 is 3.20. The highest BCUT2D eigenvalue weighted by atomic mass is 32.2. The minimum absolute atomic E-state index is 0.134. The maximum absolute atomic E-state index is 10.9. The zero-order chi connectivity index (χ0) is 13.2. The van der Waals surface area contributed by atoms with Crippen molar-refractivity contribution in [3.8, 4) is 0 Å². The molecule has 5 heteroatoms. The predicted molar refractivity (Wildman–Crippen MR) is 76.2 cm³/mol. The highest BCUT2D eigenvalue weighted by Gasteiger charge is 2.32. The summed E-state index contributed by atoms with van der Waals surface area (Å²) in [6, 6.07) is 0. The van der Waals surface area contributed by atoms with E-state index in [1.54, 1.807) is 18.7 Å². The van der Waals surface area contributed by atoms with Gasteiger partial charge in [-0.1, -0.05) is 0 Å². The van der Waals surface area contributed by atoms with Gasteiger partial charge in [0.25, 0.3) is 0 Å². The third-order valence-electron chi connectivity index (χ3n) is 2.48. The van der Waals surface area contributed by atoms with Crippen molar-refractivity contribution >= 4 is 35.2 Å². The quantitative estimate of drug-likeness (QED) is 0.803. The topological polar surface area (TPSA) is 40.3 Å². The number of carboxylic acid groups (broad SMARTS) is 1. The van der Waals surface area contributed by atoms with Crippen LogP contribution in [0.2, 0.25) is 0 Å². The molecule has 1 rings (SSSR count). The molecule has 17 heavy (non-hydrogen) atoms. The minimum Gasteiger partial charge on any atom is -0.480 e. The molecule has 0 amide bonds. The lowest BCUT2D eigenvalue weighted by molar-refractivity contribution is -0.465. The van der Waals surface area contributed by atoms with Crippen LogP contribution in [0.5, 0.6) is 0 Å². The van der Waals surface area contributed by atoms with Crippen LogP contribution in [0.4, 0.5) is 0 Å². The Balaban J connectivity index is 2.91. The molecule has 3 nitrogen and oxygen atoms in total. The second-order valence-electron chi connectivity index (χ2n) is 4.99. The number of carboxylic acids is 1. The van der Waals surface area contributed by atoms with Gasteiger partial charge in [-0.05, 0) is 20.8 Å². The number of hydrogen-bond acceptors (Lipinski definition) is 3. The molecule has 0 saturated carbocycles. The van der Waals surface area contributed by atoms with Crippen LogP contribution in [0.15, 0.2) is 10.3 Å². The van der Waals surface area contributed by atoms with Crippen molar-refractivity contribution in [1.29, 1.82) is 0 Å². The second-order valence-corrected chi connectivity index (χ2v) is 8.38. The standard InChI is InChI=1S/C12H19NO2S2/c1-8(11(14)15)16-10-6-9(13(4)5)7-12(2,3)17-10/h6,8H,7H2,1-5H3/p+1. The normalized spacial score (nSPS) is 20.8. The van der Waals surface area contributed by atoms with Crippen molar-refractivity contribution in [2.24, 2.45) is 0 Å². The Hall–Kier alpha value is -0.420. The minimum atomic E-state index is -0.758. The second kappa shape index (κ2) is 5.48. The molecule has 1 atom stereocenters. The zero-order valence-electron chi connectivity index (χ0n) is 11.0. The van der Waals surface area contributed by atoms with E-state index >= 15 is 0 Å². The van der Waals surface area contributed by atoms with Gasteiger partial charge in [0, 0.05) is 21.5 Å². The van der Waals surface area contributed by atoms with Gasteiger partial charge < -0.3 is 5.11 Å². The number of allylic oxidation sites excluding steroid dienone is 1. The molecule has 0 saturated heterocycles. The van der Waals surface area contributed by atoms with Crippen LogP contribution in [0, 0.1) is 0 Å². The Bertz CT molecular complexity index is 382. The molecule has 0 fully saturated rings. The largest absolute Gasteiger partial charge is 0.480 e. The molecular formula is C12H20NO2S2+. The molecule has 0 aromatic carbocycles. The molecule has 96 valence electrons. The molecule has 0 aromatic heterocycles. The number of hydrogen-bond donors (Lipinski definition) is 1. The summed E-state index contributed by atoms with van der Waals surface area (Å²) < 4.78 is 3.34. The first-order chi connectivity index (χ1) is 7.71. The van der Waals surface area contributed by atoms with Crippen LogP contribution in [-0.4, -0.2) is 45.5 Å². The number of carbonyl (C=O) groups is 1. The van der Waals surface area contributed by atoms with E-state index in [0.717, 1.165) is 10.7 Å². The lowest BCUT2D eigenvalue weighted by atomic mass is 10.0. The fourth-order valence-electron chi connectivity index (χ4n) is 1.53. The number of thioether (sulfide) groups is 2. The van der Waals surface area contributed by atoms with Crippen molar-refractivity contribution in [1.82, 2.24) is 0 Å². The van der Waals surface area contributed by atoms with Crippen molar-refractivity contribution < 1.29 is 14.5 Å². The Kier molecular flexibility index (Phi) is 4.72. The summed E-state index contributed by atoms with van der Waals surface area (Å²) in [5.41, 5.74) is 1.26. The third-order valence-corrected chi connectivity index (χ3v) is 4.94. The Morgan fingerprint density at radius 2 is 2.18 bits per heavy atom. The first-order valence-electron chi connectivity index (χ1n) is 5.54. The lowest BCUT2D eigenvalue weighted by Crippen LogP contribution is -2.27. The first kappa shape index (κ1) is 14.6. The molecule has 1 N–H and O–H groups in total. The smallest absolute Gasteiger partial charge is 0.316 e. The molecule has 0 bridgehead atoms. The maximum atomic E-state index is 10.9. The predicted octanol–water partition coefficient (Wildman–Crippen LogP) is 2.66. The van der Waals surface area contributed by atoms with Gasteiger partial charge in [0.15, 0.2) is 5.71 Å². The van der Waals surface area contributed by atoms with Crippen LogP contribution in [0.1, 0.15) is 27.2 Å².